The van der Waals surface area contributed by atoms with Crippen LogP contribution in [-0.4, -0.2) is 48.5 Å². The zero-order valence-electron chi connectivity index (χ0n) is 10.6. The fraction of sp³-hybridized carbons (Fsp3) is 0.417. The number of hydrogen-bond acceptors (Lipinski definition) is 7. The van der Waals surface area contributed by atoms with Gasteiger partial charge < -0.3 is 25.3 Å². The topological polar surface area (TPSA) is 119 Å². The monoisotopic (exact) mass is 277 g/mol. The van der Waals surface area contributed by atoms with Gasteiger partial charge in [0.25, 0.3) is 0 Å². The zero-order valence-corrected chi connectivity index (χ0v) is 10.6. The van der Waals surface area contributed by atoms with Gasteiger partial charge in [-0.2, -0.15) is 0 Å². The molecule has 0 aromatic carbocycles. The molecule has 8 heteroatoms. The molecule has 0 amide bonds. The van der Waals surface area contributed by atoms with Gasteiger partial charge in [-0.15, -0.1) is 0 Å². The summed E-state index contributed by atoms with van der Waals surface area (Å²) in [5.74, 6) is 0.353. The highest BCUT2D eigenvalue weighted by Crippen LogP contribution is 2.30. The number of nitrogens with two attached hydrogens (primary N) is 1. The third kappa shape index (κ3) is 2.24. The van der Waals surface area contributed by atoms with E-state index in [4.69, 9.17) is 15.6 Å². The highest BCUT2D eigenvalue weighted by atomic mass is 16.5. The highest BCUT2D eigenvalue weighted by molar-refractivity contribution is 5.68. The molecule has 0 aliphatic carbocycles. The maximum atomic E-state index is 9.73. The van der Waals surface area contributed by atoms with Gasteiger partial charge in [-0.1, -0.05) is 0 Å². The van der Waals surface area contributed by atoms with Gasteiger partial charge in [0.1, 0.15) is 24.5 Å². The first-order valence-electron chi connectivity index (χ1n) is 6.22. The van der Waals surface area contributed by atoms with E-state index in [1.807, 2.05) is 0 Å². The number of nitrogens with zero attached hydrogens (tertiary/aromatic N) is 4. The van der Waals surface area contributed by atoms with E-state index in [1.165, 1.54) is 6.33 Å². The summed E-state index contributed by atoms with van der Waals surface area (Å²) in [5, 5.41) is 18.8. The maximum Gasteiger partial charge on any atom is 0.137 e. The average molecular weight is 277 g/mol. The summed E-state index contributed by atoms with van der Waals surface area (Å²) in [5.41, 5.74) is 7.05. The van der Waals surface area contributed by atoms with Crippen molar-refractivity contribution in [2.75, 3.05) is 12.3 Å². The summed E-state index contributed by atoms with van der Waals surface area (Å²) in [6.07, 6.45) is 5.13. The normalized spacial score (nSPS) is 26.0. The Labute approximate surface area is 114 Å². The van der Waals surface area contributed by atoms with Crippen LogP contribution in [0.5, 0.6) is 0 Å². The van der Waals surface area contributed by atoms with Crippen LogP contribution in [-0.2, 0) is 4.74 Å². The first kappa shape index (κ1) is 13.0. The molecule has 20 heavy (non-hydrogen) atoms. The van der Waals surface area contributed by atoms with Crippen LogP contribution < -0.4 is 5.73 Å². The van der Waals surface area contributed by atoms with Crippen molar-refractivity contribution in [1.29, 1.82) is 0 Å². The molecule has 1 aliphatic rings. The molecule has 2 aromatic rings. The van der Waals surface area contributed by atoms with Crippen molar-refractivity contribution < 1.29 is 14.9 Å². The van der Waals surface area contributed by atoms with Crippen LogP contribution in [0.25, 0.3) is 11.3 Å². The molecular formula is C12H15N5O3. The van der Waals surface area contributed by atoms with Crippen molar-refractivity contribution in [2.24, 2.45) is 0 Å². The van der Waals surface area contributed by atoms with Gasteiger partial charge in [0.15, 0.2) is 0 Å². The number of hydrogen-bond donors (Lipinski definition) is 3. The third-order valence-corrected chi connectivity index (χ3v) is 3.34. The van der Waals surface area contributed by atoms with Crippen LogP contribution in [0.4, 0.5) is 5.82 Å². The van der Waals surface area contributed by atoms with E-state index in [-0.39, 0.29) is 12.8 Å². The van der Waals surface area contributed by atoms with E-state index in [2.05, 4.69) is 15.0 Å². The number of rotatable bonds is 3. The van der Waals surface area contributed by atoms with Crippen LogP contribution in [0.3, 0.4) is 0 Å². The van der Waals surface area contributed by atoms with Gasteiger partial charge in [0, 0.05) is 18.8 Å². The average Bonchev–Trinajstić information content (AvgIpc) is 3.05. The molecular weight excluding hydrogens is 262 g/mol. The van der Waals surface area contributed by atoms with Crippen molar-refractivity contribution in [1.82, 2.24) is 19.5 Å². The molecule has 3 heterocycles. The van der Waals surface area contributed by atoms with Crippen molar-refractivity contribution >= 4 is 5.82 Å². The Balaban J connectivity index is 1.83. The number of nitrogen functional groups attached to an aromatic ring is 1. The molecule has 1 fully saturated rings. The molecule has 2 aromatic heterocycles. The van der Waals surface area contributed by atoms with Gasteiger partial charge in [-0.3, -0.25) is 0 Å². The van der Waals surface area contributed by atoms with Crippen LogP contribution in [0.1, 0.15) is 12.6 Å². The van der Waals surface area contributed by atoms with Crippen LogP contribution in [0, 0.1) is 0 Å². The summed E-state index contributed by atoms with van der Waals surface area (Å²) in [7, 11) is 0. The minimum Gasteiger partial charge on any atom is -0.394 e. The molecule has 0 unspecified atom stereocenters. The predicted octanol–water partition coefficient (Wildman–Crippen LogP) is -0.437. The van der Waals surface area contributed by atoms with E-state index in [0.29, 0.717) is 23.5 Å². The lowest BCUT2D eigenvalue weighted by atomic mass is 10.2. The van der Waals surface area contributed by atoms with Crippen LogP contribution in [0.2, 0.25) is 0 Å². The van der Waals surface area contributed by atoms with E-state index in [0.717, 1.165) is 0 Å². The molecule has 3 atom stereocenters. The van der Waals surface area contributed by atoms with Gasteiger partial charge in [-0.05, 0) is 0 Å². The summed E-state index contributed by atoms with van der Waals surface area (Å²) in [4.78, 5) is 12.1. The third-order valence-electron chi connectivity index (χ3n) is 3.34. The van der Waals surface area contributed by atoms with Gasteiger partial charge in [0.05, 0.1) is 30.3 Å². The summed E-state index contributed by atoms with van der Waals surface area (Å²) in [6.45, 7) is -0.210. The number of aliphatic hydroxyl groups is 2. The Morgan fingerprint density at radius 1 is 1.45 bits per heavy atom. The molecule has 106 valence electrons. The summed E-state index contributed by atoms with van der Waals surface area (Å²) < 4.78 is 7.29. The number of ether oxygens (including phenoxy) is 1. The first-order valence-corrected chi connectivity index (χ1v) is 6.22. The van der Waals surface area contributed by atoms with E-state index < -0.39 is 12.2 Å². The molecule has 1 aliphatic heterocycles. The van der Waals surface area contributed by atoms with E-state index >= 15 is 0 Å². The molecule has 3 rings (SSSR count). The Morgan fingerprint density at radius 3 is 3.00 bits per heavy atom. The van der Waals surface area contributed by atoms with Crippen LogP contribution in [0.15, 0.2) is 25.0 Å². The lowest BCUT2D eigenvalue weighted by Gasteiger charge is -2.12. The summed E-state index contributed by atoms with van der Waals surface area (Å²) >= 11 is 0. The Hall–Kier alpha value is -2.03. The molecule has 8 nitrogen and oxygen atoms in total. The lowest BCUT2D eigenvalue weighted by molar-refractivity contribution is -0.0443. The van der Waals surface area contributed by atoms with E-state index in [1.54, 1.807) is 23.3 Å². The second-order valence-electron chi connectivity index (χ2n) is 4.64. The molecule has 4 N–H and O–H groups in total. The largest absolute Gasteiger partial charge is 0.394 e. The number of imidazole rings is 1. The van der Waals surface area contributed by atoms with Crippen molar-refractivity contribution in [3.8, 4) is 11.3 Å². The fourth-order valence-electron chi connectivity index (χ4n) is 2.23. The second-order valence-corrected chi connectivity index (χ2v) is 4.64. The second kappa shape index (κ2) is 5.16. The van der Waals surface area contributed by atoms with Gasteiger partial charge in [-0.25, -0.2) is 15.0 Å². The van der Waals surface area contributed by atoms with Crippen molar-refractivity contribution in [2.45, 2.75) is 24.9 Å². The molecule has 0 radical (unpaired) electrons. The summed E-state index contributed by atoms with van der Waals surface area (Å²) in [6, 6.07) is 0. The van der Waals surface area contributed by atoms with Crippen molar-refractivity contribution in [3.05, 3.63) is 25.0 Å². The quantitative estimate of drug-likeness (QED) is 0.696. The van der Waals surface area contributed by atoms with Gasteiger partial charge in [0.2, 0.25) is 0 Å². The molecule has 0 spiro atoms. The zero-order chi connectivity index (χ0) is 14.1. The molecule has 0 saturated carbocycles. The number of anilines is 1. The minimum atomic E-state index is -0.680. The minimum absolute atomic E-state index is 0.210. The fourth-order valence-corrected chi connectivity index (χ4v) is 2.23. The first-order chi connectivity index (χ1) is 9.69. The Morgan fingerprint density at radius 2 is 2.30 bits per heavy atom. The highest BCUT2D eigenvalue weighted by Gasteiger charge is 2.34. The SMILES string of the molecule is Nc1ncncc1-c1cn([C@H]2C[C@@H](O)[C@@H](CO)O2)cn1. The van der Waals surface area contributed by atoms with E-state index in [9.17, 15) is 5.11 Å². The molecule has 0 bridgehead atoms. The van der Waals surface area contributed by atoms with Gasteiger partial charge >= 0.3 is 0 Å². The smallest absolute Gasteiger partial charge is 0.137 e. The van der Waals surface area contributed by atoms with Crippen molar-refractivity contribution in [3.63, 3.8) is 0 Å². The number of aromatic nitrogens is 4. The Bertz CT molecular complexity index is 602. The Kier molecular flexibility index (Phi) is 3.35. The number of aliphatic hydroxyl groups excluding tert-OH is 2. The van der Waals surface area contributed by atoms with Crippen LogP contribution >= 0.6 is 0 Å². The molecule has 1 saturated heterocycles. The maximum absolute atomic E-state index is 9.73. The predicted molar refractivity (Wildman–Crippen MR) is 69.3 cm³/mol. The lowest BCUT2D eigenvalue weighted by Crippen LogP contribution is -2.24. The standard InChI is InChI=1S/C12H15N5O3/c13-12-7(2-14-5-15-12)8-3-17(6-16-8)11-1-9(19)10(4-18)20-11/h2-3,5-6,9-11,18-19H,1,4H2,(H2,13,14,15)/t9-,10-,11-/m1/s1.